The molecule has 0 saturated heterocycles. The summed E-state index contributed by atoms with van der Waals surface area (Å²) in [6, 6.07) is 61.1. The van der Waals surface area contributed by atoms with E-state index < -0.39 is 0 Å². The fourth-order valence-electron chi connectivity index (χ4n) is 7.26. The highest BCUT2D eigenvalue weighted by molar-refractivity contribution is 6.16. The zero-order chi connectivity index (χ0) is 33.7. The Labute approximate surface area is 294 Å². The predicted octanol–water partition coefficient (Wildman–Crippen LogP) is 12.4. The lowest BCUT2D eigenvalue weighted by Gasteiger charge is -2.11. The van der Waals surface area contributed by atoms with Gasteiger partial charge >= 0.3 is 0 Å². The highest BCUT2D eigenvalue weighted by atomic mass is 16.3. The molecule has 238 valence electrons. The van der Waals surface area contributed by atoms with E-state index in [1.807, 2.05) is 60.7 Å². The molecular formula is C47H29N3O. The average molecular weight is 652 g/mol. The van der Waals surface area contributed by atoms with Gasteiger partial charge in [-0.3, -0.25) is 0 Å². The molecule has 10 rings (SSSR count). The van der Waals surface area contributed by atoms with Gasteiger partial charge < -0.3 is 4.42 Å². The van der Waals surface area contributed by atoms with E-state index in [0.717, 1.165) is 55.3 Å². The lowest BCUT2D eigenvalue weighted by atomic mass is 9.92. The van der Waals surface area contributed by atoms with E-state index in [1.54, 1.807) is 0 Å². The van der Waals surface area contributed by atoms with Crippen LogP contribution in [-0.4, -0.2) is 15.0 Å². The molecule has 8 aromatic carbocycles. The Morgan fingerprint density at radius 1 is 0.314 bits per heavy atom. The molecule has 0 N–H and O–H groups in total. The maximum Gasteiger partial charge on any atom is 0.164 e. The van der Waals surface area contributed by atoms with Crippen LogP contribution in [0.25, 0.3) is 99.9 Å². The summed E-state index contributed by atoms with van der Waals surface area (Å²) in [5.74, 6) is 1.93. The van der Waals surface area contributed by atoms with E-state index in [4.69, 9.17) is 19.4 Å². The molecule has 0 aliphatic carbocycles. The van der Waals surface area contributed by atoms with Crippen LogP contribution in [0.2, 0.25) is 0 Å². The van der Waals surface area contributed by atoms with E-state index >= 15 is 0 Å². The second kappa shape index (κ2) is 11.9. The zero-order valence-corrected chi connectivity index (χ0v) is 27.5. The van der Waals surface area contributed by atoms with Crippen molar-refractivity contribution in [3.63, 3.8) is 0 Å². The molecule has 0 radical (unpaired) electrons. The zero-order valence-electron chi connectivity index (χ0n) is 27.5. The number of nitrogens with zero attached hydrogens (tertiary/aromatic N) is 3. The molecule has 0 unspecified atom stereocenters. The molecule has 0 spiro atoms. The first-order valence-electron chi connectivity index (χ1n) is 17.1. The minimum Gasteiger partial charge on any atom is -0.456 e. The summed E-state index contributed by atoms with van der Waals surface area (Å²) >= 11 is 0. The smallest absolute Gasteiger partial charge is 0.164 e. The van der Waals surface area contributed by atoms with Crippen molar-refractivity contribution >= 4 is 43.5 Å². The highest BCUT2D eigenvalue weighted by Gasteiger charge is 2.17. The molecular weight excluding hydrogens is 623 g/mol. The molecule has 51 heavy (non-hydrogen) atoms. The summed E-state index contributed by atoms with van der Waals surface area (Å²) in [7, 11) is 0. The number of fused-ring (bicyclic) bond motifs is 6. The van der Waals surface area contributed by atoms with Gasteiger partial charge in [-0.15, -0.1) is 0 Å². The Morgan fingerprint density at radius 2 is 0.863 bits per heavy atom. The van der Waals surface area contributed by atoms with Crippen molar-refractivity contribution in [2.24, 2.45) is 0 Å². The van der Waals surface area contributed by atoms with Crippen LogP contribution in [0.5, 0.6) is 0 Å². The molecule has 10 aromatic rings. The van der Waals surface area contributed by atoms with Crippen molar-refractivity contribution in [2.75, 3.05) is 0 Å². The molecule has 4 heteroatoms. The summed E-state index contributed by atoms with van der Waals surface area (Å²) in [4.78, 5) is 14.7. The second-order valence-electron chi connectivity index (χ2n) is 12.8. The van der Waals surface area contributed by atoms with Gasteiger partial charge in [-0.1, -0.05) is 152 Å². The van der Waals surface area contributed by atoms with Crippen LogP contribution in [-0.2, 0) is 0 Å². The molecule has 0 atom stereocenters. The topological polar surface area (TPSA) is 51.8 Å². The average Bonchev–Trinajstić information content (AvgIpc) is 3.59. The SMILES string of the molecule is c1ccc(-c2nc(-c3ccccc3)nc(-c3ccc(-c4cccc5oc6ccc(-c7cc8ccccc8c8ccccc78)cc6c45)cc3)n2)cc1. The van der Waals surface area contributed by atoms with Crippen LogP contribution in [0.4, 0.5) is 0 Å². The first kappa shape index (κ1) is 29.0. The van der Waals surface area contributed by atoms with Gasteiger partial charge in [-0.2, -0.15) is 0 Å². The first-order valence-corrected chi connectivity index (χ1v) is 17.1. The fraction of sp³-hybridized carbons (Fsp3) is 0. The number of aromatic nitrogens is 3. The third-order valence-electron chi connectivity index (χ3n) is 9.73. The number of hydrogen-bond acceptors (Lipinski definition) is 4. The molecule has 0 aliphatic rings. The number of rotatable bonds is 5. The minimum absolute atomic E-state index is 0.633. The van der Waals surface area contributed by atoms with E-state index in [2.05, 4.69) is 115 Å². The molecule has 2 aromatic heterocycles. The number of hydrogen-bond donors (Lipinski definition) is 0. The second-order valence-corrected chi connectivity index (χ2v) is 12.8. The standard InChI is InChI=1S/C47H29N3O/c1-3-12-31(13-4-1)45-48-46(32-14-5-2-6-15-32)50-47(49-45)33-24-22-30(23-25-33)37-20-11-21-43-44(37)41-29-35(26-27-42(41)51-43)40-28-34-16-7-8-17-36(34)38-18-9-10-19-39(38)40/h1-29H. The van der Waals surface area contributed by atoms with Crippen LogP contribution in [0.3, 0.4) is 0 Å². The van der Waals surface area contributed by atoms with Crippen LogP contribution < -0.4 is 0 Å². The van der Waals surface area contributed by atoms with Crippen molar-refractivity contribution in [2.45, 2.75) is 0 Å². The Kier molecular flexibility index (Phi) is 6.78. The minimum atomic E-state index is 0.633. The van der Waals surface area contributed by atoms with E-state index in [1.165, 1.54) is 27.1 Å². The van der Waals surface area contributed by atoms with Gasteiger partial charge in [0.1, 0.15) is 11.2 Å². The third-order valence-corrected chi connectivity index (χ3v) is 9.73. The van der Waals surface area contributed by atoms with Gasteiger partial charge in [0, 0.05) is 27.5 Å². The van der Waals surface area contributed by atoms with Gasteiger partial charge in [0.25, 0.3) is 0 Å². The maximum atomic E-state index is 6.44. The molecule has 0 aliphatic heterocycles. The lowest BCUT2D eigenvalue weighted by molar-refractivity contribution is 0.669. The van der Waals surface area contributed by atoms with Crippen LogP contribution in [0.1, 0.15) is 0 Å². The van der Waals surface area contributed by atoms with Crippen LogP contribution in [0.15, 0.2) is 180 Å². The summed E-state index contributed by atoms with van der Waals surface area (Å²) in [6.45, 7) is 0. The van der Waals surface area contributed by atoms with Gasteiger partial charge in [-0.05, 0) is 68.1 Å². The highest BCUT2D eigenvalue weighted by Crippen LogP contribution is 2.41. The van der Waals surface area contributed by atoms with Gasteiger partial charge in [-0.25, -0.2) is 15.0 Å². The Morgan fingerprint density at radius 3 is 1.55 bits per heavy atom. The normalized spacial score (nSPS) is 11.5. The molecule has 0 bridgehead atoms. The number of furan rings is 1. The third kappa shape index (κ3) is 5.04. The van der Waals surface area contributed by atoms with Crippen LogP contribution in [0, 0.1) is 0 Å². The Hall–Kier alpha value is -6.91. The van der Waals surface area contributed by atoms with Crippen molar-refractivity contribution in [3.8, 4) is 56.4 Å². The Bertz CT molecular complexity index is 2840. The van der Waals surface area contributed by atoms with Crippen molar-refractivity contribution in [1.29, 1.82) is 0 Å². The van der Waals surface area contributed by atoms with Crippen molar-refractivity contribution in [3.05, 3.63) is 176 Å². The van der Waals surface area contributed by atoms with Gasteiger partial charge in [0.2, 0.25) is 0 Å². The molecule has 2 heterocycles. The first-order chi connectivity index (χ1) is 25.3. The van der Waals surface area contributed by atoms with Crippen molar-refractivity contribution < 1.29 is 4.42 Å². The maximum absolute atomic E-state index is 6.44. The van der Waals surface area contributed by atoms with E-state index in [-0.39, 0.29) is 0 Å². The van der Waals surface area contributed by atoms with E-state index in [9.17, 15) is 0 Å². The Balaban J connectivity index is 1.09. The van der Waals surface area contributed by atoms with Crippen LogP contribution >= 0.6 is 0 Å². The van der Waals surface area contributed by atoms with Crippen molar-refractivity contribution in [1.82, 2.24) is 15.0 Å². The number of benzene rings is 8. The largest absolute Gasteiger partial charge is 0.456 e. The summed E-state index contributed by atoms with van der Waals surface area (Å²) in [5, 5.41) is 7.19. The molecule has 0 saturated carbocycles. The lowest BCUT2D eigenvalue weighted by Crippen LogP contribution is -2.00. The summed E-state index contributed by atoms with van der Waals surface area (Å²) in [5.41, 5.74) is 9.14. The summed E-state index contributed by atoms with van der Waals surface area (Å²) < 4.78 is 6.44. The van der Waals surface area contributed by atoms with Gasteiger partial charge in [0.15, 0.2) is 17.5 Å². The predicted molar refractivity (Wildman–Crippen MR) is 209 cm³/mol. The quantitative estimate of drug-likeness (QED) is 0.174. The summed E-state index contributed by atoms with van der Waals surface area (Å²) in [6.07, 6.45) is 0. The monoisotopic (exact) mass is 651 g/mol. The molecule has 0 amide bonds. The molecule has 4 nitrogen and oxygen atoms in total. The van der Waals surface area contributed by atoms with Gasteiger partial charge in [0.05, 0.1) is 0 Å². The van der Waals surface area contributed by atoms with E-state index in [0.29, 0.717) is 17.5 Å². The molecule has 0 fully saturated rings. The fourth-order valence-corrected chi connectivity index (χ4v) is 7.26.